The first-order valence-corrected chi connectivity index (χ1v) is 11.6. The predicted molar refractivity (Wildman–Crippen MR) is 115 cm³/mol. The van der Waals surface area contributed by atoms with Gasteiger partial charge in [0.1, 0.15) is 12.0 Å². The fourth-order valence-electron chi connectivity index (χ4n) is 5.20. The second-order valence-electron chi connectivity index (χ2n) is 8.37. The molecule has 31 heavy (non-hydrogen) atoms. The molecule has 0 saturated carbocycles. The molecule has 1 saturated heterocycles. The quantitative estimate of drug-likeness (QED) is 0.792. The lowest BCUT2D eigenvalue weighted by Gasteiger charge is -2.37. The van der Waals surface area contributed by atoms with Gasteiger partial charge in [0, 0.05) is 30.5 Å². The molecule has 5 rings (SSSR count). The van der Waals surface area contributed by atoms with Crippen molar-refractivity contribution in [2.45, 2.75) is 30.5 Å². The van der Waals surface area contributed by atoms with Gasteiger partial charge in [-0.3, -0.25) is 9.10 Å². The Kier molecular flexibility index (Phi) is 4.43. The number of allylic oxidation sites excluding steroid dienone is 1. The number of methoxy groups -OCH3 is 1. The Morgan fingerprint density at radius 2 is 1.77 bits per heavy atom. The van der Waals surface area contributed by atoms with Crippen molar-refractivity contribution in [3.63, 3.8) is 0 Å². The molecule has 2 heterocycles. The van der Waals surface area contributed by atoms with Gasteiger partial charge in [0.05, 0.1) is 29.7 Å². The van der Waals surface area contributed by atoms with Crippen LogP contribution < -0.4 is 4.31 Å². The molecule has 0 spiro atoms. The van der Waals surface area contributed by atoms with E-state index in [2.05, 4.69) is 0 Å². The molecule has 1 fully saturated rings. The Balaban J connectivity index is 1.77. The lowest BCUT2D eigenvalue weighted by Crippen LogP contribution is -2.48. The van der Waals surface area contributed by atoms with Crippen LogP contribution in [0.4, 0.5) is 5.69 Å². The highest BCUT2D eigenvalue weighted by Crippen LogP contribution is 2.55. The third-order valence-electron chi connectivity index (χ3n) is 6.74. The van der Waals surface area contributed by atoms with Gasteiger partial charge in [0.15, 0.2) is 0 Å². The fourth-order valence-corrected chi connectivity index (χ4v) is 6.86. The van der Waals surface area contributed by atoms with E-state index in [1.165, 1.54) is 9.21 Å². The summed E-state index contributed by atoms with van der Waals surface area (Å²) in [6.07, 6.45) is -0.617. The molecule has 4 unspecified atom stereocenters. The summed E-state index contributed by atoms with van der Waals surface area (Å²) < 4.78 is 34.8. The molecule has 1 aliphatic carbocycles. The van der Waals surface area contributed by atoms with E-state index in [0.717, 1.165) is 11.1 Å². The SMILES string of the molecule is COC1=C2c3ccccc3N(S(=O)(=O)c3ccc(C)cc3)C2C2C(=O)N(C)C(O)C2C1. The molecule has 0 aromatic heterocycles. The minimum absolute atomic E-state index is 0.162. The standard InChI is InChI=1S/C23H24N2O5S/c1-13-8-10-14(11-9-13)31(28,29)25-17-7-5-4-6-15(17)19-18(30-3)12-16-20(21(19)25)23(27)24(2)22(16)26/h4-11,16,20-22,26H,12H2,1-3H3. The third kappa shape index (κ3) is 2.68. The zero-order valence-corrected chi connectivity index (χ0v) is 18.3. The summed E-state index contributed by atoms with van der Waals surface area (Å²) in [5.41, 5.74) is 2.94. The number of benzene rings is 2. The minimum atomic E-state index is -3.98. The number of aliphatic hydroxyl groups is 1. The topological polar surface area (TPSA) is 87.2 Å². The monoisotopic (exact) mass is 440 g/mol. The molecular weight excluding hydrogens is 416 g/mol. The number of aryl methyl sites for hydroxylation is 1. The Morgan fingerprint density at radius 1 is 1.10 bits per heavy atom. The molecule has 8 heteroatoms. The van der Waals surface area contributed by atoms with Gasteiger partial charge in [-0.1, -0.05) is 35.9 Å². The van der Waals surface area contributed by atoms with Crippen molar-refractivity contribution in [1.82, 2.24) is 4.90 Å². The summed E-state index contributed by atoms with van der Waals surface area (Å²) >= 11 is 0. The molecule has 1 N–H and O–H groups in total. The summed E-state index contributed by atoms with van der Waals surface area (Å²) in [4.78, 5) is 14.6. The van der Waals surface area contributed by atoms with E-state index < -0.39 is 34.1 Å². The van der Waals surface area contributed by atoms with Crippen LogP contribution >= 0.6 is 0 Å². The normalized spacial score (nSPS) is 27.3. The molecule has 1 amide bonds. The van der Waals surface area contributed by atoms with Gasteiger partial charge in [-0.2, -0.15) is 0 Å². The zero-order chi connectivity index (χ0) is 22.1. The number of hydrogen-bond donors (Lipinski definition) is 1. The second kappa shape index (κ2) is 6.83. The average molecular weight is 441 g/mol. The number of amides is 1. The van der Waals surface area contributed by atoms with Gasteiger partial charge in [0.25, 0.3) is 10.0 Å². The maximum atomic E-state index is 13.9. The van der Waals surface area contributed by atoms with Gasteiger partial charge in [-0.15, -0.1) is 0 Å². The van der Waals surface area contributed by atoms with E-state index in [9.17, 15) is 18.3 Å². The van der Waals surface area contributed by atoms with Crippen LogP contribution in [0.1, 0.15) is 17.5 Å². The number of rotatable bonds is 3. The molecule has 2 aliphatic heterocycles. The highest BCUT2D eigenvalue weighted by atomic mass is 32.2. The maximum Gasteiger partial charge on any atom is 0.264 e. The summed E-state index contributed by atoms with van der Waals surface area (Å²) in [5, 5.41) is 10.7. The molecule has 4 atom stereocenters. The van der Waals surface area contributed by atoms with Crippen molar-refractivity contribution in [2.24, 2.45) is 11.8 Å². The highest BCUT2D eigenvalue weighted by Gasteiger charge is 2.59. The Labute approximate surface area is 181 Å². The highest BCUT2D eigenvalue weighted by molar-refractivity contribution is 7.93. The van der Waals surface area contributed by atoms with Crippen LogP contribution in [0.5, 0.6) is 0 Å². The summed E-state index contributed by atoms with van der Waals surface area (Å²) in [7, 11) is -0.875. The van der Waals surface area contributed by atoms with Gasteiger partial charge < -0.3 is 14.7 Å². The van der Waals surface area contributed by atoms with Crippen molar-refractivity contribution < 1.29 is 23.1 Å². The molecule has 0 bridgehead atoms. The Morgan fingerprint density at radius 3 is 2.45 bits per heavy atom. The molecular formula is C23H24N2O5S. The fraction of sp³-hybridized carbons (Fsp3) is 0.348. The van der Waals surface area contributed by atoms with Crippen LogP contribution in [0, 0.1) is 18.8 Å². The van der Waals surface area contributed by atoms with Crippen molar-refractivity contribution >= 4 is 27.2 Å². The van der Waals surface area contributed by atoms with E-state index in [1.54, 1.807) is 50.6 Å². The van der Waals surface area contributed by atoms with E-state index in [0.29, 0.717) is 23.4 Å². The van der Waals surface area contributed by atoms with Crippen molar-refractivity contribution in [3.05, 3.63) is 65.4 Å². The van der Waals surface area contributed by atoms with Crippen molar-refractivity contribution in [1.29, 1.82) is 0 Å². The van der Waals surface area contributed by atoms with Crippen LogP contribution in [0.2, 0.25) is 0 Å². The van der Waals surface area contributed by atoms with Crippen molar-refractivity contribution in [3.8, 4) is 0 Å². The number of para-hydroxylation sites is 1. The van der Waals surface area contributed by atoms with Crippen LogP contribution in [0.15, 0.2) is 59.2 Å². The number of hydrogen-bond acceptors (Lipinski definition) is 5. The van der Waals surface area contributed by atoms with Crippen LogP contribution in [0.25, 0.3) is 5.57 Å². The van der Waals surface area contributed by atoms with Crippen LogP contribution in [0.3, 0.4) is 0 Å². The summed E-state index contributed by atoms with van der Waals surface area (Å²) in [6.45, 7) is 1.90. The van der Waals surface area contributed by atoms with Gasteiger partial charge in [-0.05, 0) is 25.1 Å². The number of likely N-dealkylation sites (tertiary alicyclic amines) is 1. The first-order chi connectivity index (χ1) is 14.8. The third-order valence-corrected chi connectivity index (χ3v) is 8.55. The van der Waals surface area contributed by atoms with E-state index >= 15 is 0 Å². The molecule has 0 radical (unpaired) electrons. The van der Waals surface area contributed by atoms with Crippen molar-refractivity contribution in [2.75, 3.05) is 18.5 Å². The maximum absolute atomic E-state index is 13.9. The molecule has 162 valence electrons. The number of nitrogens with zero attached hydrogens (tertiary/aromatic N) is 2. The number of anilines is 1. The van der Waals surface area contributed by atoms with E-state index in [4.69, 9.17) is 4.74 Å². The number of carbonyl (C=O) groups is 1. The second-order valence-corrected chi connectivity index (χ2v) is 10.2. The van der Waals surface area contributed by atoms with Gasteiger partial charge in [0.2, 0.25) is 5.91 Å². The largest absolute Gasteiger partial charge is 0.501 e. The average Bonchev–Trinajstić information content (AvgIpc) is 3.22. The summed E-state index contributed by atoms with van der Waals surface area (Å²) in [6, 6.07) is 13.2. The lowest BCUT2D eigenvalue weighted by molar-refractivity contribution is -0.133. The number of fused-ring (bicyclic) bond motifs is 5. The number of ether oxygens (including phenoxy) is 1. The predicted octanol–water partition coefficient (Wildman–Crippen LogP) is 2.36. The lowest BCUT2D eigenvalue weighted by atomic mass is 9.76. The Bertz CT molecular complexity index is 1200. The first kappa shape index (κ1) is 20.1. The van der Waals surface area contributed by atoms with Crippen LogP contribution in [-0.4, -0.2) is 50.8 Å². The first-order valence-electron chi connectivity index (χ1n) is 10.2. The van der Waals surface area contributed by atoms with Gasteiger partial charge >= 0.3 is 0 Å². The van der Waals surface area contributed by atoms with E-state index in [-0.39, 0.29) is 10.8 Å². The van der Waals surface area contributed by atoms with Crippen LogP contribution in [-0.2, 0) is 19.6 Å². The minimum Gasteiger partial charge on any atom is -0.501 e. The smallest absolute Gasteiger partial charge is 0.264 e. The summed E-state index contributed by atoms with van der Waals surface area (Å²) in [5.74, 6) is -0.790. The van der Waals surface area contributed by atoms with E-state index in [1.807, 2.05) is 19.1 Å². The molecule has 2 aromatic carbocycles. The Hall–Kier alpha value is -2.84. The zero-order valence-electron chi connectivity index (χ0n) is 17.5. The molecule has 7 nitrogen and oxygen atoms in total. The number of aliphatic hydroxyl groups excluding tert-OH is 1. The molecule has 2 aromatic rings. The number of carbonyl (C=O) groups excluding carboxylic acids is 1. The molecule has 3 aliphatic rings. The number of sulfonamides is 1. The van der Waals surface area contributed by atoms with Gasteiger partial charge in [-0.25, -0.2) is 8.42 Å².